The number of nitrogens with zero attached hydrogens (tertiary/aromatic N) is 5. The van der Waals surface area contributed by atoms with E-state index in [-0.39, 0.29) is 19.1 Å². The molecule has 0 N–H and O–H groups in total. The molecule has 148 valence electrons. The molecular formula is C20H19N5O3S. The number of hydrogen-bond donors (Lipinski definition) is 0. The van der Waals surface area contributed by atoms with Crippen LogP contribution < -0.4 is 0 Å². The Morgan fingerprint density at radius 2 is 2.00 bits per heavy atom. The van der Waals surface area contributed by atoms with Gasteiger partial charge >= 0.3 is 5.97 Å². The molecule has 2 aromatic heterocycles. The van der Waals surface area contributed by atoms with Crippen LogP contribution in [0.1, 0.15) is 12.0 Å². The zero-order valence-corrected chi connectivity index (χ0v) is 16.4. The van der Waals surface area contributed by atoms with Gasteiger partial charge in [-0.2, -0.15) is 4.80 Å². The number of thiophene rings is 1. The maximum absolute atomic E-state index is 12.3. The summed E-state index contributed by atoms with van der Waals surface area (Å²) in [5.74, 6) is -0.336. The molecule has 1 aliphatic heterocycles. The van der Waals surface area contributed by atoms with Gasteiger partial charge in [0.15, 0.2) is 13.2 Å². The average Bonchev–Trinajstić information content (AvgIpc) is 3.45. The van der Waals surface area contributed by atoms with Crippen molar-refractivity contribution in [1.29, 1.82) is 0 Å². The van der Waals surface area contributed by atoms with Gasteiger partial charge in [-0.3, -0.25) is 4.79 Å². The van der Waals surface area contributed by atoms with E-state index in [9.17, 15) is 9.59 Å². The van der Waals surface area contributed by atoms with Gasteiger partial charge in [0.25, 0.3) is 5.91 Å². The van der Waals surface area contributed by atoms with Crippen LogP contribution in [0.2, 0.25) is 0 Å². The summed E-state index contributed by atoms with van der Waals surface area (Å²) in [6, 6.07) is 13.9. The number of aromatic nitrogens is 4. The second-order valence-corrected chi connectivity index (χ2v) is 7.41. The number of carbonyl (C=O) groups is 2. The molecule has 0 unspecified atom stereocenters. The summed E-state index contributed by atoms with van der Waals surface area (Å²) in [5.41, 5.74) is 2.40. The molecule has 0 fully saturated rings. The van der Waals surface area contributed by atoms with Crippen LogP contribution >= 0.6 is 11.3 Å². The summed E-state index contributed by atoms with van der Waals surface area (Å²) in [6.45, 7) is 0.630. The maximum Gasteiger partial charge on any atom is 0.330 e. The molecule has 0 aliphatic carbocycles. The molecular weight excluding hydrogens is 390 g/mol. The fourth-order valence-electron chi connectivity index (χ4n) is 3.02. The maximum atomic E-state index is 12.3. The zero-order valence-electron chi connectivity index (χ0n) is 15.6. The van der Waals surface area contributed by atoms with Gasteiger partial charge in [-0.15, -0.1) is 21.5 Å². The first-order valence-electron chi connectivity index (χ1n) is 9.18. The molecule has 1 amide bonds. The van der Waals surface area contributed by atoms with Crippen LogP contribution in [0.5, 0.6) is 0 Å². The molecule has 3 heterocycles. The summed E-state index contributed by atoms with van der Waals surface area (Å²) < 4.78 is 5.10. The molecule has 0 spiro atoms. The highest BCUT2D eigenvalue weighted by atomic mass is 32.1. The normalized spacial score (nSPS) is 13.8. The van der Waals surface area contributed by atoms with Crippen LogP contribution in [-0.4, -0.2) is 56.7 Å². The van der Waals surface area contributed by atoms with Crippen molar-refractivity contribution in [1.82, 2.24) is 25.1 Å². The van der Waals surface area contributed by atoms with E-state index in [4.69, 9.17) is 4.74 Å². The van der Waals surface area contributed by atoms with Crippen molar-refractivity contribution in [2.75, 3.05) is 19.7 Å². The molecule has 0 atom stereocenters. The molecule has 9 heteroatoms. The Kier molecular flexibility index (Phi) is 5.76. The van der Waals surface area contributed by atoms with Crippen molar-refractivity contribution >= 4 is 28.8 Å². The molecule has 0 radical (unpaired) electrons. The van der Waals surface area contributed by atoms with Crippen LogP contribution in [0.3, 0.4) is 0 Å². The highest BCUT2D eigenvalue weighted by Gasteiger charge is 2.19. The molecule has 1 aromatic carbocycles. The molecule has 0 saturated carbocycles. The third-order valence-corrected chi connectivity index (χ3v) is 5.39. The number of rotatable bonds is 6. The van der Waals surface area contributed by atoms with Crippen LogP contribution in [0, 0.1) is 0 Å². The Balaban J connectivity index is 1.25. The van der Waals surface area contributed by atoms with Crippen molar-refractivity contribution < 1.29 is 14.3 Å². The highest BCUT2D eigenvalue weighted by Crippen LogP contribution is 2.22. The number of benzene rings is 1. The third kappa shape index (κ3) is 4.75. The Morgan fingerprint density at radius 1 is 1.14 bits per heavy atom. The number of esters is 1. The summed E-state index contributed by atoms with van der Waals surface area (Å²) in [4.78, 5) is 28.0. The van der Waals surface area contributed by atoms with Crippen LogP contribution in [0.25, 0.3) is 16.3 Å². The summed E-state index contributed by atoms with van der Waals surface area (Å²) in [7, 11) is 0. The lowest BCUT2D eigenvalue weighted by atomic mass is 10.00. The second kappa shape index (κ2) is 8.78. The van der Waals surface area contributed by atoms with E-state index in [0.717, 1.165) is 16.1 Å². The minimum absolute atomic E-state index is 0.191. The largest absolute Gasteiger partial charge is 0.454 e. The highest BCUT2D eigenvalue weighted by molar-refractivity contribution is 7.13. The van der Waals surface area contributed by atoms with Gasteiger partial charge < -0.3 is 9.64 Å². The van der Waals surface area contributed by atoms with E-state index in [0.29, 0.717) is 18.9 Å². The average molecular weight is 409 g/mol. The first-order valence-corrected chi connectivity index (χ1v) is 10.1. The SMILES string of the molecule is O=C(Cn1nnc(-c2cccs2)n1)OCC(=O)N1CC=C(c2ccccc2)CC1. The molecule has 29 heavy (non-hydrogen) atoms. The predicted molar refractivity (Wildman–Crippen MR) is 108 cm³/mol. The van der Waals surface area contributed by atoms with Gasteiger partial charge in [0.05, 0.1) is 4.88 Å². The van der Waals surface area contributed by atoms with Gasteiger partial charge in [0, 0.05) is 13.1 Å². The molecule has 3 aromatic rings. The lowest BCUT2D eigenvalue weighted by Gasteiger charge is -2.26. The third-order valence-electron chi connectivity index (χ3n) is 4.53. The standard InChI is InChI=1S/C20H19N5O3S/c26-18(24-10-8-16(9-11-24)15-5-2-1-3-6-15)14-28-19(27)13-25-22-20(21-23-25)17-7-4-12-29-17/h1-8,12H,9-11,13-14H2. The summed E-state index contributed by atoms with van der Waals surface area (Å²) in [5, 5.41) is 13.8. The molecule has 0 bridgehead atoms. The van der Waals surface area contributed by atoms with E-state index >= 15 is 0 Å². The van der Waals surface area contributed by atoms with Gasteiger partial charge in [-0.1, -0.05) is 42.5 Å². The Morgan fingerprint density at radius 3 is 2.72 bits per heavy atom. The van der Waals surface area contributed by atoms with Gasteiger partial charge in [-0.05, 0) is 34.2 Å². The number of carbonyl (C=O) groups excluding carboxylic acids is 2. The first kappa shape index (κ1) is 19.0. The summed E-state index contributed by atoms with van der Waals surface area (Å²) >= 11 is 1.49. The van der Waals surface area contributed by atoms with Crippen molar-refractivity contribution in [3.05, 3.63) is 59.5 Å². The van der Waals surface area contributed by atoms with Gasteiger partial charge in [-0.25, -0.2) is 4.79 Å². The van der Waals surface area contributed by atoms with Crippen molar-refractivity contribution in [2.24, 2.45) is 0 Å². The minimum atomic E-state index is -0.578. The lowest BCUT2D eigenvalue weighted by molar-refractivity contribution is -0.152. The monoisotopic (exact) mass is 409 g/mol. The van der Waals surface area contributed by atoms with E-state index in [1.807, 2.05) is 41.8 Å². The van der Waals surface area contributed by atoms with Gasteiger partial charge in [0.1, 0.15) is 0 Å². The van der Waals surface area contributed by atoms with Crippen LogP contribution in [0.15, 0.2) is 53.9 Å². The van der Waals surface area contributed by atoms with Crippen LogP contribution in [-0.2, 0) is 20.9 Å². The summed E-state index contributed by atoms with van der Waals surface area (Å²) in [6.07, 6.45) is 2.82. The van der Waals surface area contributed by atoms with Crippen molar-refractivity contribution in [2.45, 2.75) is 13.0 Å². The second-order valence-electron chi connectivity index (χ2n) is 6.47. The molecule has 4 rings (SSSR count). The Bertz CT molecular complexity index is 1010. The Hall–Kier alpha value is -3.33. The molecule has 8 nitrogen and oxygen atoms in total. The lowest BCUT2D eigenvalue weighted by Crippen LogP contribution is -2.37. The van der Waals surface area contributed by atoms with E-state index in [1.165, 1.54) is 22.5 Å². The van der Waals surface area contributed by atoms with Gasteiger partial charge in [0.2, 0.25) is 5.82 Å². The fourth-order valence-corrected chi connectivity index (χ4v) is 3.67. The van der Waals surface area contributed by atoms with E-state index < -0.39 is 5.97 Å². The minimum Gasteiger partial charge on any atom is -0.454 e. The first-order chi connectivity index (χ1) is 14.2. The van der Waals surface area contributed by atoms with E-state index in [1.54, 1.807) is 4.90 Å². The molecule has 1 aliphatic rings. The quantitative estimate of drug-likeness (QED) is 0.580. The topological polar surface area (TPSA) is 90.2 Å². The zero-order chi connectivity index (χ0) is 20.1. The molecule has 0 saturated heterocycles. The Labute approximate surface area is 171 Å². The van der Waals surface area contributed by atoms with E-state index in [2.05, 4.69) is 27.5 Å². The number of amides is 1. The fraction of sp³-hybridized carbons (Fsp3) is 0.250. The van der Waals surface area contributed by atoms with Crippen LogP contribution in [0.4, 0.5) is 0 Å². The smallest absolute Gasteiger partial charge is 0.330 e. The predicted octanol–water partition coefficient (Wildman–Crippen LogP) is 2.26. The number of hydrogen-bond acceptors (Lipinski definition) is 7. The van der Waals surface area contributed by atoms with Crippen molar-refractivity contribution in [3.63, 3.8) is 0 Å². The van der Waals surface area contributed by atoms with Crippen molar-refractivity contribution in [3.8, 4) is 10.7 Å². The number of ether oxygens (including phenoxy) is 1. The number of tetrazole rings is 1.